The van der Waals surface area contributed by atoms with E-state index in [1.807, 2.05) is 6.92 Å². The Morgan fingerprint density at radius 1 is 0.432 bits per heavy atom. The minimum Gasteiger partial charge on any atom is -0.281 e. The van der Waals surface area contributed by atoms with Gasteiger partial charge in [-0.3, -0.25) is 8.78 Å². The van der Waals surface area contributed by atoms with E-state index in [1.54, 1.807) is 0 Å². The molecule has 0 unspecified atom stereocenters. The molecule has 0 aliphatic rings. The van der Waals surface area contributed by atoms with E-state index in [-0.39, 0.29) is 25.3 Å². The normalized spacial score (nSPS) is 11.2. The van der Waals surface area contributed by atoms with Gasteiger partial charge in [-0.05, 0) is 18.4 Å². The van der Waals surface area contributed by atoms with Gasteiger partial charge in [-0.2, -0.15) is 0 Å². The van der Waals surface area contributed by atoms with E-state index < -0.39 is 104 Å². The molecule has 0 spiro atoms. The average molecular weight is 536 g/mol. The zero-order valence-corrected chi connectivity index (χ0v) is 19.1. The van der Waals surface area contributed by atoms with E-state index in [9.17, 15) is 52.7 Å². The van der Waals surface area contributed by atoms with Gasteiger partial charge < -0.3 is 0 Å². The van der Waals surface area contributed by atoms with Crippen LogP contribution in [-0.4, -0.2) is 0 Å². The molecule has 0 aromatic heterocycles. The summed E-state index contributed by atoms with van der Waals surface area (Å²) in [4.78, 5) is 0. The minimum absolute atomic E-state index is 0. The standard InChI is InChI=1S/C24H13F12.Li/c1-2-3-4-5-6-8-15(27)19(31)13(20(32)16(8)28)14-23(35)21(33)12(22(34)24(14)36)11-17(29)9(25)7-10(26)18(11)30;/h2-6H2,1H3;/q-1;+1. The molecule has 13 heteroatoms. The van der Waals surface area contributed by atoms with Crippen LogP contribution < -0.4 is 18.9 Å². The van der Waals surface area contributed by atoms with Crippen molar-refractivity contribution in [2.24, 2.45) is 0 Å². The summed E-state index contributed by atoms with van der Waals surface area (Å²) in [6.07, 6.45) is 1.33. The van der Waals surface area contributed by atoms with Crippen LogP contribution in [0.25, 0.3) is 22.3 Å². The molecule has 0 saturated carbocycles. The Morgan fingerprint density at radius 3 is 1.11 bits per heavy atom. The van der Waals surface area contributed by atoms with Crippen LogP contribution in [0.4, 0.5) is 52.7 Å². The average Bonchev–Trinajstić information content (AvgIpc) is 2.84. The molecule has 0 bridgehead atoms. The summed E-state index contributed by atoms with van der Waals surface area (Å²) in [6.45, 7) is 1.81. The number of benzene rings is 3. The minimum atomic E-state index is -2.75. The molecule has 0 nitrogen and oxygen atoms in total. The molecule has 0 heterocycles. The topological polar surface area (TPSA) is 0 Å². The number of hydrogen-bond donors (Lipinski definition) is 0. The van der Waals surface area contributed by atoms with Crippen LogP contribution in [0.2, 0.25) is 0 Å². The van der Waals surface area contributed by atoms with Crippen molar-refractivity contribution in [3.05, 3.63) is 81.4 Å². The largest absolute Gasteiger partial charge is 1.00 e. The summed E-state index contributed by atoms with van der Waals surface area (Å²) in [5.41, 5.74) is -10.1. The zero-order chi connectivity index (χ0) is 27.1. The summed E-state index contributed by atoms with van der Waals surface area (Å²) >= 11 is 0. The van der Waals surface area contributed by atoms with Gasteiger partial charge in [-0.25, -0.2) is 43.9 Å². The van der Waals surface area contributed by atoms with Crippen molar-refractivity contribution in [1.29, 1.82) is 0 Å². The predicted octanol–water partition coefficient (Wildman–Crippen LogP) is 5.62. The fourth-order valence-electron chi connectivity index (χ4n) is 3.66. The van der Waals surface area contributed by atoms with E-state index in [2.05, 4.69) is 0 Å². The van der Waals surface area contributed by atoms with Crippen molar-refractivity contribution in [1.82, 2.24) is 0 Å². The first-order chi connectivity index (χ1) is 16.9. The molecular formula is C24H13F12Li. The molecule has 0 N–H and O–H groups in total. The van der Waals surface area contributed by atoms with Crippen LogP contribution >= 0.6 is 0 Å². The van der Waals surface area contributed by atoms with E-state index in [0.717, 1.165) is 6.07 Å². The second kappa shape index (κ2) is 11.9. The number of halogens is 12. The summed E-state index contributed by atoms with van der Waals surface area (Å²) in [5, 5.41) is 0. The van der Waals surface area contributed by atoms with E-state index in [0.29, 0.717) is 19.3 Å². The van der Waals surface area contributed by atoms with Crippen molar-refractivity contribution < 1.29 is 71.5 Å². The Morgan fingerprint density at radius 2 is 0.757 bits per heavy atom. The molecule has 0 aliphatic heterocycles. The quantitative estimate of drug-likeness (QED) is 0.121. The summed E-state index contributed by atoms with van der Waals surface area (Å²) in [6, 6.07) is 0.878. The molecular weight excluding hydrogens is 523 g/mol. The first-order valence-corrected chi connectivity index (χ1v) is 10.3. The van der Waals surface area contributed by atoms with Gasteiger partial charge in [0.25, 0.3) is 0 Å². The first-order valence-electron chi connectivity index (χ1n) is 10.3. The number of rotatable bonds is 7. The smallest absolute Gasteiger partial charge is 0.281 e. The van der Waals surface area contributed by atoms with E-state index in [1.165, 1.54) is 0 Å². The Bertz CT molecular complexity index is 1270. The Hall–Kier alpha value is -2.58. The van der Waals surface area contributed by atoms with Gasteiger partial charge in [0.1, 0.15) is 0 Å². The third-order valence-electron chi connectivity index (χ3n) is 5.44. The van der Waals surface area contributed by atoms with Crippen LogP contribution in [0.15, 0.2) is 0 Å². The maximum Gasteiger partial charge on any atom is 1.00 e. The molecule has 3 aromatic carbocycles. The van der Waals surface area contributed by atoms with Crippen molar-refractivity contribution in [2.75, 3.05) is 0 Å². The molecule has 0 fully saturated rings. The fourth-order valence-corrected chi connectivity index (χ4v) is 3.66. The third-order valence-corrected chi connectivity index (χ3v) is 5.44. The monoisotopic (exact) mass is 536 g/mol. The van der Waals surface area contributed by atoms with Crippen molar-refractivity contribution in [2.45, 2.75) is 39.0 Å². The van der Waals surface area contributed by atoms with Crippen LogP contribution in [-0.2, 0) is 6.42 Å². The molecule has 0 amide bonds. The van der Waals surface area contributed by atoms with Gasteiger partial charge in [0, 0.05) is 22.8 Å². The van der Waals surface area contributed by atoms with Crippen molar-refractivity contribution in [3.8, 4) is 22.3 Å². The first kappa shape index (κ1) is 30.6. The van der Waals surface area contributed by atoms with Crippen LogP contribution in [0.1, 0.15) is 38.2 Å². The Balaban J connectivity index is 0.00000481. The van der Waals surface area contributed by atoms with Crippen LogP contribution in [0, 0.1) is 75.9 Å². The Kier molecular flexibility index (Phi) is 9.82. The van der Waals surface area contributed by atoms with Crippen molar-refractivity contribution >= 4 is 0 Å². The Labute approximate surface area is 214 Å². The van der Waals surface area contributed by atoms with Crippen molar-refractivity contribution in [3.63, 3.8) is 0 Å². The van der Waals surface area contributed by atoms with Gasteiger partial charge in [0.15, 0.2) is 46.5 Å². The molecule has 0 atom stereocenters. The SMILES string of the molecule is CCCCCCc1c(F)c(F)c(-c2c(F)c(F)c(-c3c(F)c(F)[c-]c(F)c3F)c(F)c2F)c(F)c1F.[Li+]. The molecule has 0 aliphatic carbocycles. The molecule has 0 saturated heterocycles. The molecule has 3 aromatic rings. The zero-order valence-electron chi connectivity index (χ0n) is 19.1. The van der Waals surface area contributed by atoms with Gasteiger partial charge in [0.05, 0.1) is 22.8 Å². The second-order valence-electron chi connectivity index (χ2n) is 7.68. The molecule has 0 radical (unpaired) electrons. The maximum atomic E-state index is 14.8. The third kappa shape index (κ3) is 5.23. The summed E-state index contributed by atoms with van der Waals surface area (Å²) < 4.78 is 172. The van der Waals surface area contributed by atoms with E-state index in [4.69, 9.17) is 0 Å². The number of hydrogen-bond acceptors (Lipinski definition) is 0. The van der Waals surface area contributed by atoms with Gasteiger partial charge in [-0.1, -0.05) is 26.2 Å². The maximum absolute atomic E-state index is 14.8. The summed E-state index contributed by atoms with van der Waals surface area (Å²) in [7, 11) is 0. The van der Waals surface area contributed by atoms with Gasteiger partial charge >= 0.3 is 18.9 Å². The van der Waals surface area contributed by atoms with Crippen LogP contribution in [0.5, 0.6) is 0 Å². The van der Waals surface area contributed by atoms with Crippen LogP contribution in [0.3, 0.4) is 0 Å². The van der Waals surface area contributed by atoms with Gasteiger partial charge in [-0.15, -0.1) is 6.07 Å². The predicted molar refractivity (Wildman–Crippen MR) is 103 cm³/mol. The molecule has 3 rings (SSSR count). The summed E-state index contributed by atoms with van der Waals surface area (Å²) in [5.74, 6) is -29.6. The van der Waals surface area contributed by atoms with Gasteiger partial charge in [0.2, 0.25) is 0 Å². The number of unbranched alkanes of at least 4 members (excludes halogenated alkanes) is 3. The molecule has 194 valence electrons. The second-order valence-corrected chi connectivity index (χ2v) is 7.68. The van der Waals surface area contributed by atoms with E-state index >= 15 is 0 Å². The fraction of sp³-hybridized carbons (Fsp3) is 0.250. The molecule has 37 heavy (non-hydrogen) atoms.